The van der Waals surface area contributed by atoms with Gasteiger partial charge < -0.3 is 14.5 Å². The third kappa shape index (κ3) is 4.03. The van der Waals surface area contributed by atoms with Gasteiger partial charge in [0, 0.05) is 44.0 Å². The smallest absolute Gasteiger partial charge is 0.255 e. The number of aromatic nitrogens is 3. The van der Waals surface area contributed by atoms with Crippen LogP contribution in [0.2, 0.25) is 0 Å². The number of nitrogens with zero attached hydrogens (tertiary/aromatic N) is 5. The van der Waals surface area contributed by atoms with E-state index in [9.17, 15) is 4.79 Å². The molecule has 0 aliphatic carbocycles. The topological polar surface area (TPSA) is 71.5 Å². The van der Waals surface area contributed by atoms with Gasteiger partial charge in [-0.05, 0) is 19.1 Å². The molecule has 0 bridgehead atoms. The van der Waals surface area contributed by atoms with Gasteiger partial charge in [-0.25, -0.2) is 4.98 Å². The minimum atomic E-state index is 0.0147. The largest absolute Gasteiger partial charge is 0.481 e. The van der Waals surface area contributed by atoms with Crippen molar-refractivity contribution in [1.82, 2.24) is 19.9 Å². The van der Waals surface area contributed by atoms with E-state index >= 15 is 0 Å². The third-order valence-electron chi connectivity index (χ3n) is 5.06. The lowest BCUT2D eigenvalue weighted by Gasteiger charge is -2.35. The van der Waals surface area contributed by atoms with E-state index in [4.69, 9.17) is 4.74 Å². The summed E-state index contributed by atoms with van der Waals surface area (Å²) in [6.45, 7) is 4.46. The molecule has 1 saturated heterocycles. The van der Waals surface area contributed by atoms with Crippen molar-refractivity contribution in [1.29, 1.82) is 0 Å². The van der Waals surface area contributed by atoms with Gasteiger partial charge in [-0.1, -0.05) is 30.3 Å². The number of anilines is 1. The second-order valence-corrected chi connectivity index (χ2v) is 6.87. The summed E-state index contributed by atoms with van der Waals surface area (Å²) < 4.78 is 5.17. The average Bonchev–Trinajstić information content (AvgIpc) is 2.79. The Bertz CT molecular complexity index is 1000. The lowest BCUT2D eigenvalue weighted by Crippen LogP contribution is -2.49. The van der Waals surface area contributed by atoms with Crippen LogP contribution in [0, 0.1) is 6.92 Å². The van der Waals surface area contributed by atoms with Gasteiger partial charge in [-0.3, -0.25) is 9.78 Å². The number of pyridine rings is 1. The highest BCUT2D eigenvalue weighted by atomic mass is 16.5. The molecule has 29 heavy (non-hydrogen) atoms. The molecule has 0 saturated carbocycles. The molecule has 4 rings (SSSR count). The normalized spacial score (nSPS) is 14.0. The van der Waals surface area contributed by atoms with Crippen LogP contribution in [0.25, 0.3) is 11.3 Å². The van der Waals surface area contributed by atoms with Gasteiger partial charge in [0.05, 0.1) is 24.1 Å². The number of hydrogen-bond donors (Lipinski definition) is 0. The molecule has 3 aromatic rings. The minimum Gasteiger partial charge on any atom is -0.481 e. The molecule has 0 N–H and O–H groups in total. The van der Waals surface area contributed by atoms with E-state index in [2.05, 4.69) is 19.9 Å². The predicted molar refractivity (Wildman–Crippen MR) is 111 cm³/mol. The Hall–Kier alpha value is -3.48. The Kier molecular flexibility index (Phi) is 5.37. The zero-order valence-electron chi connectivity index (χ0n) is 16.6. The Morgan fingerprint density at radius 1 is 0.966 bits per heavy atom. The Morgan fingerprint density at radius 3 is 2.41 bits per heavy atom. The first kappa shape index (κ1) is 18.9. The molecule has 2 aromatic heterocycles. The van der Waals surface area contributed by atoms with Crippen molar-refractivity contribution in [3.63, 3.8) is 0 Å². The maximum atomic E-state index is 13.0. The molecule has 1 aromatic carbocycles. The van der Waals surface area contributed by atoms with E-state index in [1.165, 1.54) is 0 Å². The van der Waals surface area contributed by atoms with Crippen molar-refractivity contribution in [2.45, 2.75) is 6.92 Å². The molecule has 1 aliphatic heterocycles. The number of ether oxygens (including phenoxy) is 1. The summed E-state index contributed by atoms with van der Waals surface area (Å²) >= 11 is 0. The average molecular weight is 389 g/mol. The maximum Gasteiger partial charge on any atom is 0.255 e. The second-order valence-electron chi connectivity index (χ2n) is 6.87. The van der Waals surface area contributed by atoms with Crippen LogP contribution in [0.3, 0.4) is 0 Å². The Morgan fingerprint density at radius 2 is 1.72 bits per heavy atom. The first-order valence-corrected chi connectivity index (χ1v) is 9.60. The molecule has 0 radical (unpaired) electrons. The van der Waals surface area contributed by atoms with Gasteiger partial charge in [-0.15, -0.1) is 0 Å². The molecule has 3 heterocycles. The van der Waals surface area contributed by atoms with E-state index in [1.54, 1.807) is 19.4 Å². The molecule has 1 fully saturated rings. The fourth-order valence-corrected chi connectivity index (χ4v) is 3.44. The number of rotatable bonds is 4. The SMILES string of the molecule is COc1ccnc(N2CCN(C(=O)c3ccc(-c4ccccc4)nc3C)CC2)n1. The van der Waals surface area contributed by atoms with E-state index in [0.717, 1.165) is 17.0 Å². The molecule has 1 amide bonds. The number of methoxy groups -OCH3 is 1. The molecule has 0 atom stereocenters. The quantitative estimate of drug-likeness (QED) is 0.683. The monoisotopic (exact) mass is 389 g/mol. The summed E-state index contributed by atoms with van der Waals surface area (Å²) in [4.78, 5) is 30.3. The first-order valence-electron chi connectivity index (χ1n) is 9.60. The fourth-order valence-electron chi connectivity index (χ4n) is 3.44. The van der Waals surface area contributed by atoms with Crippen LogP contribution in [0.4, 0.5) is 5.95 Å². The zero-order valence-corrected chi connectivity index (χ0v) is 16.6. The number of benzene rings is 1. The minimum absolute atomic E-state index is 0.0147. The van der Waals surface area contributed by atoms with Crippen molar-refractivity contribution in [2.24, 2.45) is 0 Å². The van der Waals surface area contributed by atoms with E-state index in [1.807, 2.05) is 54.3 Å². The molecule has 7 nitrogen and oxygen atoms in total. The van der Waals surface area contributed by atoms with Crippen molar-refractivity contribution in [2.75, 3.05) is 38.2 Å². The lowest BCUT2D eigenvalue weighted by atomic mass is 10.1. The molecule has 0 unspecified atom stereocenters. The van der Waals surface area contributed by atoms with Crippen molar-refractivity contribution in [3.05, 3.63) is 66.0 Å². The summed E-state index contributed by atoms with van der Waals surface area (Å²) in [5.74, 6) is 1.18. The Labute approximate surface area is 170 Å². The van der Waals surface area contributed by atoms with Crippen molar-refractivity contribution >= 4 is 11.9 Å². The van der Waals surface area contributed by atoms with Gasteiger partial charge >= 0.3 is 0 Å². The van der Waals surface area contributed by atoms with Gasteiger partial charge in [0.15, 0.2) is 0 Å². The van der Waals surface area contributed by atoms with E-state index in [0.29, 0.717) is 43.6 Å². The van der Waals surface area contributed by atoms with Gasteiger partial charge in [0.2, 0.25) is 11.8 Å². The van der Waals surface area contributed by atoms with Crippen LogP contribution >= 0.6 is 0 Å². The van der Waals surface area contributed by atoms with Crippen LogP contribution in [0.5, 0.6) is 5.88 Å². The summed E-state index contributed by atoms with van der Waals surface area (Å²) in [5, 5.41) is 0. The summed E-state index contributed by atoms with van der Waals surface area (Å²) in [6.07, 6.45) is 1.68. The summed E-state index contributed by atoms with van der Waals surface area (Å²) in [5.41, 5.74) is 3.31. The van der Waals surface area contributed by atoms with Crippen LogP contribution in [-0.4, -0.2) is 59.0 Å². The highest BCUT2D eigenvalue weighted by molar-refractivity contribution is 5.95. The van der Waals surface area contributed by atoms with Crippen LogP contribution in [-0.2, 0) is 0 Å². The third-order valence-corrected chi connectivity index (χ3v) is 5.06. The van der Waals surface area contributed by atoms with E-state index < -0.39 is 0 Å². The number of carbonyl (C=O) groups is 1. The lowest BCUT2D eigenvalue weighted by molar-refractivity contribution is 0.0745. The maximum absolute atomic E-state index is 13.0. The number of amides is 1. The number of aryl methyl sites for hydroxylation is 1. The molecular formula is C22H23N5O2. The highest BCUT2D eigenvalue weighted by Crippen LogP contribution is 2.21. The van der Waals surface area contributed by atoms with Crippen molar-refractivity contribution < 1.29 is 9.53 Å². The first-order chi connectivity index (χ1) is 14.2. The van der Waals surface area contributed by atoms with Crippen LogP contribution in [0.15, 0.2) is 54.7 Å². The van der Waals surface area contributed by atoms with E-state index in [-0.39, 0.29) is 5.91 Å². The molecule has 1 aliphatic rings. The number of piperazine rings is 1. The Balaban J connectivity index is 1.44. The summed E-state index contributed by atoms with van der Waals surface area (Å²) in [7, 11) is 1.59. The van der Waals surface area contributed by atoms with Gasteiger partial charge in [0.25, 0.3) is 5.91 Å². The van der Waals surface area contributed by atoms with Crippen molar-refractivity contribution in [3.8, 4) is 17.1 Å². The zero-order chi connectivity index (χ0) is 20.2. The molecule has 148 valence electrons. The molecule has 7 heteroatoms. The standard InChI is InChI=1S/C22H23N5O2/c1-16-18(8-9-19(24-16)17-6-4-3-5-7-17)21(28)26-12-14-27(15-13-26)22-23-11-10-20(25-22)29-2/h3-11H,12-15H2,1-2H3. The van der Waals surface area contributed by atoms with Crippen LogP contribution in [0.1, 0.15) is 16.1 Å². The molecule has 0 spiro atoms. The fraction of sp³-hybridized carbons (Fsp3) is 0.273. The highest BCUT2D eigenvalue weighted by Gasteiger charge is 2.25. The summed E-state index contributed by atoms with van der Waals surface area (Å²) in [6, 6.07) is 15.5. The second kappa shape index (κ2) is 8.26. The molecular weight excluding hydrogens is 366 g/mol. The van der Waals surface area contributed by atoms with Crippen LogP contribution < -0.4 is 9.64 Å². The number of carbonyl (C=O) groups excluding carboxylic acids is 1. The van der Waals surface area contributed by atoms with Gasteiger partial charge in [-0.2, -0.15) is 4.98 Å². The van der Waals surface area contributed by atoms with Gasteiger partial charge in [0.1, 0.15) is 0 Å². The predicted octanol–water partition coefficient (Wildman–Crippen LogP) is 2.82. The number of hydrogen-bond acceptors (Lipinski definition) is 6.